The molecule has 0 spiro atoms. The number of rotatable bonds is 12. The number of carbonyl (C=O) groups is 1. The van der Waals surface area contributed by atoms with Crippen LogP contribution in [0, 0.1) is 13.8 Å². The average Bonchev–Trinajstić information content (AvgIpc) is 2.89. The van der Waals surface area contributed by atoms with Crippen LogP contribution in [0.1, 0.15) is 42.3 Å². The fourth-order valence-electron chi connectivity index (χ4n) is 3.53. The third-order valence-electron chi connectivity index (χ3n) is 5.58. The minimum absolute atomic E-state index is 0.0661. The summed E-state index contributed by atoms with van der Waals surface area (Å²) in [6, 6.07) is 20.2. The molecule has 0 aliphatic carbocycles. The predicted octanol–water partition coefficient (Wildman–Crippen LogP) is 4.82. The maximum absolute atomic E-state index is 13.0. The van der Waals surface area contributed by atoms with Gasteiger partial charge in [0.2, 0.25) is 0 Å². The zero-order chi connectivity index (χ0) is 29.6. The van der Waals surface area contributed by atoms with Crippen LogP contribution in [0.5, 0.6) is 0 Å². The molecule has 0 fully saturated rings. The first-order valence-electron chi connectivity index (χ1n) is 12.5. The van der Waals surface area contributed by atoms with Crippen LogP contribution < -0.4 is 0 Å². The first-order chi connectivity index (χ1) is 18.7. The minimum atomic E-state index is -4.25. The SMILES string of the molecule is Cc1ccc(S(=O)(=O)OC[C@H](OC(C)(C)C)[C@@H](COS(=O)(=O)c2ccc(C)cc2)OC(=O)c2ccccc2)cc1. The first-order valence-corrected chi connectivity index (χ1v) is 15.3. The van der Waals surface area contributed by atoms with Crippen LogP contribution in [0.4, 0.5) is 0 Å². The maximum Gasteiger partial charge on any atom is 0.338 e. The molecular formula is C29H34O9S2. The van der Waals surface area contributed by atoms with Gasteiger partial charge < -0.3 is 9.47 Å². The molecule has 11 heteroatoms. The molecule has 3 aromatic rings. The Balaban J connectivity index is 1.90. The maximum atomic E-state index is 13.0. The lowest BCUT2D eigenvalue weighted by atomic mass is 10.1. The molecule has 3 aromatic carbocycles. The van der Waals surface area contributed by atoms with Crippen molar-refractivity contribution in [2.45, 2.75) is 62.2 Å². The molecule has 0 N–H and O–H groups in total. The number of benzene rings is 3. The van der Waals surface area contributed by atoms with Crippen molar-refractivity contribution in [3.8, 4) is 0 Å². The zero-order valence-electron chi connectivity index (χ0n) is 23.1. The summed E-state index contributed by atoms with van der Waals surface area (Å²) in [5.74, 6) is -0.772. The van der Waals surface area contributed by atoms with E-state index in [0.29, 0.717) is 0 Å². The molecule has 40 heavy (non-hydrogen) atoms. The highest BCUT2D eigenvalue weighted by Crippen LogP contribution is 2.22. The van der Waals surface area contributed by atoms with Crippen LogP contribution >= 0.6 is 0 Å². The minimum Gasteiger partial charge on any atom is -0.453 e. The third-order valence-corrected chi connectivity index (χ3v) is 8.17. The average molecular weight is 591 g/mol. The van der Waals surface area contributed by atoms with Crippen molar-refractivity contribution in [3.05, 3.63) is 95.6 Å². The molecular weight excluding hydrogens is 556 g/mol. The van der Waals surface area contributed by atoms with Gasteiger partial charge in [-0.1, -0.05) is 53.6 Å². The van der Waals surface area contributed by atoms with Gasteiger partial charge in [-0.05, 0) is 71.0 Å². The van der Waals surface area contributed by atoms with E-state index in [-0.39, 0.29) is 15.4 Å². The zero-order valence-corrected chi connectivity index (χ0v) is 24.7. The van der Waals surface area contributed by atoms with Crippen LogP contribution in [0.2, 0.25) is 0 Å². The normalized spacial score (nSPS) is 13.9. The van der Waals surface area contributed by atoms with Crippen molar-refractivity contribution in [3.63, 3.8) is 0 Å². The van der Waals surface area contributed by atoms with Gasteiger partial charge in [0.05, 0.1) is 27.6 Å². The molecule has 0 aliphatic heterocycles. The summed E-state index contributed by atoms with van der Waals surface area (Å²) in [5.41, 5.74) is 1.08. The molecule has 0 aliphatic rings. The van der Waals surface area contributed by atoms with Crippen molar-refractivity contribution >= 4 is 26.2 Å². The number of hydrogen-bond acceptors (Lipinski definition) is 9. The van der Waals surface area contributed by atoms with E-state index in [4.69, 9.17) is 17.8 Å². The molecule has 0 saturated heterocycles. The van der Waals surface area contributed by atoms with Crippen LogP contribution in [0.3, 0.4) is 0 Å². The fourth-order valence-corrected chi connectivity index (χ4v) is 5.37. The Morgan fingerprint density at radius 1 is 0.675 bits per heavy atom. The van der Waals surface area contributed by atoms with Gasteiger partial charge in [-0.15, -0.1) is 0 Å². The lowest BCUT2D eigenvalue weighted by Crippen LogP contribution is -2.45. The highest BCUT2D eigenvalue weighted by atomic mass is 32.2. The highest BCUT2D eigenvalue weighted by molar-refractivity contribution is 7.87. The van der Waals surface area contributed by atoms with Gasteiger partial charge >= 0.3 is 5.97 Å². The Bertz CT molecular complexity index is 1480. The summed E-state index contributed by atoms with van der Waals surface area (Å²) in [4.78, 5) is 12.8. The molecule has 0 unspecified atom stereocenters. The molecule has 0 amide bonds. The third kappa shape index (κ3) is 9.24. The number of ether oxygens (including phenoxy) is 2. The molecule has 0 aromatic heterocycles. The van der Waals surface area contributed by atoms with Crippen molar-refractivity contribution in [1.29, 1.82) is 0 Å². The van der Waals surface area contributed by atoms with Crippen LogP contribution in [0.25, 0.3) is 0 Å². The van der Waals surface area contributed by atoms with Crippen LogP contribution in [0.15, 0.2) is 88.7 Å². The van der Waals surface area contributed by atoms with Gasteiger partial charge in [-0.3, -0.25) is 8.37 Å². The Morgan fingerprint density at radius 2 is 1.10 bits per heavy atom. The molecule has 3 rings (SSSR count). The van der Waals surface area contributed by atoms with Gasteiger partial charge in [0.25, 0.3) is 20.2 Å². The van der Waals surface area contributed by atoms with E-state index >= 15 is 0 Å². The number of carbonyl (C=O) groups excluding carboxylic acids is 1. The van der Waals surface area contributed by atoms with Crippen LogP contribution in [-0.2, 0) is 38.1 Å². The van der Waals surface area contributed by atoms with E-state index in [9.17, 15) is 21.6 Å². The number of esters is 1. The second-order valence-electron chi connectivity index (χ2n) is 10.2. The summed E-state index contributed by atoms with van der Waals surface area (Å²) in [6.45, 7) is 7.56. The van der Waals surface area contributed by atoms with Crippen LogP contribution in [-0.4, -0.2) is 53.8 Å². The molecule has 216 valence electrons. The quantitative estimate of drug-likeness (QED) is 0.216. The van der Waals surface area contributed by atoms with Gasteiger partial charge in [0, 0.05) is 0 Å². The van der Waals surface area contributed by atoms with E-state index < -0.39 is 57.2 Å². The largest absolute Gasteiger partial charge is 0.453 e. The van der Waals surface area contributed by atoms with Gasteiger partial charge in [-0.2, -0.15) is 16.8 Å². The van der Waals surface area contributed by atoms with Crippen molar-refractivity contribution in [2.75, 3.05) is 13.2 Å². The Morgan fingerprint density at radius 3 is 1.52 bits per heavy atom. The van der Waals surface area contributed by atoms with E-state index in [0.717, 1.165) is 11.1 Å². The molecule has 2 atom stereocenters. The summed E-state index contributed by atoms with van der Waals surface area (Å²) in [6.07, 6.45) is -2.58. The summed E-state index contributed by atoms with van der Waals surface area (Å²) in [5, 5.41) is 0. The van der Waals surface area contributed by atoms with Crippen molar-refractivity contribution in [2.24, 2.45) is 0 Å². The standard InChI is InChI=1S/C29H34O9S2/c1-21-11-15-24(16-12-21)39(31,32)35-19-26(37-28(30)23-9-7-6-8-10-23)27(38-29(3,4)5)20-36-40(33,34)25-17-13-22(2)14-18-25/h6-18,26-27H,19-20H2,1-5H3/t26-,27+/m1/s1. The Labute approximate surface area is 236 Å². The van der Waals surface area contributed by atoms with Crippen molar-refractivity contribution in [1.82, 2.24) is 0 Å². The van der Waals surface area contributed by atoms with E-state index in [2.05, 4.69) is 0 Å². The molecule has 0 radical (unpaired) electrons. The number of aryl methyl sites for hydroxylation is 2. The lowest BCUT2D eigenvalue weighted by molar-refractivity contribution is -0.133. The second kappa shape index (κ2) is 13.0. The molecule has 9 nitrogen and oxygen atoms in total. The smallest absolute Gasteiger partial charge is 0.338 e. The van der Waals surface area contributed by atoms with Gasteiger partial charge in [0.1, 0.15) is 12.7 Å². The van der Waals surface area contributed by atoms with E-state index in [1.54, 1.807) is 63.2 Å². The summed E-state index contributed by atoms with van der Waals surface area (Å²) < 4.78 is 73.9. The second-order valence-corrected chi connectivity index (χ2v) is 13.4. The molecule has 0 bridgehead atoms. The van der Waals surface area contributed by atoms with Crippen molar-refractivity contribution < 1.29 is 39.5 Å². The summed E-state index contributed by atoms with van der Waals surface area (Å²) in [7, 11) is -8.46. The Hall–Kier alpha value is -3.09. The van der Waals surface area contributed by atoms with Gasteiger partial charge in [-0.25, -0.2) is 4.79 Å². The monoisotopic (exact) mass is 590 g/mol. The topological polar surface area (TPSA) is 122 Å². The fraction of sp³-hybridized carbons (Fsp3) is 0.345. The highest BCUT2D eigenvalue weighted by Gasteiger charge is 2.34. The summed E-state index contributed by atoms with van der Waals surface area (Å²) >= 11 is 0. The van der Waals surface area contributed by atoms with E-state index in [1.807, 2.05) is 13.8 Å². The number of hydrogen-bond donors (Lipinski definition) is 0. The molecule has 0 heterocycles. The predicted molar refractivity (Wildman–Crippen MR) is 149 cm³/mol. The first kappa shape index (κ1) is 31.4. The van der Waals surface area contributed by atoms with E-state index in [1.165, 1.54) is 36.4 Å². The molecule has 0 saturated carbocycles. The van der Waals surface area contributed by atoms with Gasteiger partial charge in [0.15, 0.2) is 6.10 Å². The Kier molecular flexibility index (Phi) is 10.3. The lowest BCUT2D eigenvalue weighted by Gasteiger charge is -2.32.